The average Bonchev–Trinajstić information content (AvgIpc) is 3.02. The van der Waals surface area contributed by atoms with Crippen LogP contribution in [-0.4, -0.2) is 49.8 Å². The summed E-state index contributed by atoms with van der Waals surface area (Å²) in [5, 5.41) is 39.7. The summed E-state index contributed by atoms with van der Waals surface area (Å²) >= 11 is 0. The zero-order valence-corrected chi connectivity index (χ0v) is 17.1. The summed E-state index contributed by atoms with van der Waals surface area (Å²) in [5.74, 6) is -0.960. The molecule has 28 heavy (non-hydrogen) atoms. The number of aliphatic hydroxyl groups excluding tert-OH is 1. The highest BCUT2D eigenvalue weighted by atomic mass is 16.5. The second kappa shape index (κ2) is 8.64. The molecule has 6 nitrogen and oxygen atoms in total. The predicted molar refractivity (Wildman–Crippen MR) is 107 cm³/mol. The van der Waals surface area contributed by atoms with Gasteiger partial charge in [0.1, 0.15) is 5.75 Å². The third-order valence-electron chi connectivity index (χ3n) is 5.62. The molecule has 156 valence electrons. The highest BCUT2D eigenvalue weighted by molar-refractivity contribution is 5.88. The van der Waals surface area contributed by atoms with Crippen LogP contribution in [0.15, 0.2) is 29.8 Å². The summed E-state index contributed by atoms with van der Waals surface area (Å²) in [6.07, 6.45) is 4.02. The largest absolute Gasteiger partial charge is 0.508 e. The predicted octanol–water partition coefficient (Wildman–Crippen LogP) is 3.43. The highest BCUT2D eigenvalue weighted by Crippen LogP contribution is 2.38. The van der Waals surface area contributed by atoms with Gasteiger partial charge in [0.2, 0.25) is 0 Å². The van der Waals surface area contributed by atoms with E-state index in [0.29, 0.717) is 37.7 Å². The molecule has 4 N–H and O–H groups in total. The van der Waals surface area contributed by atoms with Crippen molar-refractivity contribution in [2.45, 2.75) is 83.2 Å². The zero-order valence-electron chi connectivity index (χ0n) is 17.1. The molecule has 2 rings (SSSR count). The lowest BCUT2D eigenvalue weighted by atomic mass is 9.90. The fourth-order valence-electron chi connectivity index (χ4n) is 3.54. The molecule has 1 aliphatic heterocycles. The number of rotatable bonds is 8. The molecule has 1 saturated heterocycles. The van der Waals surface area contributed by atoms with Gasteiger partial charge in [-0.05, 0) is 83.6 Å². The van der Waals surface area contributed by atoms with E-state index >= 15 is 0 Å². The van der Waals surface area contributed by atoms with Gasteiger partial charge in [-0.15, -0.1) is 0 Å². The van der Waals surface area contributed by atoms with E-state index in [9.17, 15) is 20.1 Å². The number of aliphatic hydroxyl groups is 2. The van der Waals surface area contributed by atoms with Gasteiger partial charge < -0.3 is 25.2 Å². The standard InChI is InChI=1S/C22H32O6/c1-14(5-7-15-13-16(20(25)26)8-9-17(15)23)6-10-18(24)22(4)12-11-19(28-22)21(2,3)27/h5,8-9,13,18-19,23-24,27H,6-7,10-12H2,1-4H3,(H,25,26)/t18-,19-,22+/m0/s1. The monoisotopic (exact) mass is 392 g/mol. The van der Waals surface area contributed by atoms with Crippen LogP contribution in [0.3, 0.4) is 0 Å². The van der Waals surface area contributed by atoms with Crippen LogP contribution < -0.4 is 0 Å². The first-order valence-corrected chi connectivity index (χ1v) is 9.71. The Labute approximate surface area is 166 Å². The van der Waals surface area contributed by atoms with Crippen LogP contribution in [0.5, 0.6) is 5.75 Å². The lowest BCUT2D eigenvalue weighted by molar-refractivity contribution is -0.153. The molecule has 0 aromatic heterocycles. The summed E-state index contributed by atoms with van der Waals surface area (Å²) in [6.45, 7) is 7.27. The quantitative estimate of drug-likeness (QED) is 0.505. The number of allylic oxidation sites excluding steroid dienone is 2. The number of carbonyl (C=O) groups is 1. The molecule has 0 saturated carbocycles. The number of hydrogen-bond acceptors (Lipinski definition) is 5. The fourth-order valence-corrected chi connectivity index (χ4v) is 3.54. The summed E-state index contributed by atoms with van der Waals surface area (Å²) in [7, 11) is 0. The molecule has 0 bridgehead atoms. The van der Waals surface area contributed by atoms with Crippen molar-refractivity contribution in [3.63, 3.8) is 0 Å². The Morgan fingerprint density at radius 1 is 1.43 bits per heavy atom. The van der Waals surface area contributed by atoms with Gasteiger partial charge in [0, 0.05) is 0 Å². The van der Waals surface area contributed by atoms with E-state index in [2.05, 4.69) is 0 Å². The van der Waals surface area contributed by atoms with Crippen molar-refractivity contribution in [1.29, 1.82) is 0 Å². The van der Waals surface area contributed by atoms with Gasteiger partial charge in [-0.3, -0.25) is 0 Å². The van der Waals surface area contributed by atoms with Crippen molar-refractivity contribution in [3.8, 4) is 5.75 Å². The van der Waals surface area contributed by atoms with Crippen LogP contribution in [0.2, 0.25) is 0 Å². The van der Waals surface area contributed by atoms with Crippen molar-refractivity contribution in [2.75, 3.05) is 0 Å². The van der Waals surface area contributed by atoms with Gasteiger partial charge in [0.05, 0.1) is 29.0 Å². The summed E-state index contributed by atoms with van der Waals surface area (Å²) in [6, 6.07) is 4.24. The van der Waals surface area contributed by atoms with E-state index in [0.717, 1.165) is 5.57 Å². The molecule has 3 atom stereocenters. The average molecular weight is 392 g/mol. The van der Waals surface area contributed by atoms with Gasteiger partial charge in [0.25, 0.3) is 0 Å². The molecular weight excluding hydrogens is 360 g/mol. The minimum Gasteiger partial charge on any atom is -0.508 e. The molecule has 1 heterocycles. The Balaban J connectivity index is 1.92. The maximum absolute atomic E-state index is 11.1. The number of carboxylic acids is 1. The Kier molecular flexibility index (Phi) is 6.91. The molecule has 1 aliphatic rings. The van der Waals surface area contributed by atoms with Crippen LogP contribution in [0, 0.1) is 0 Å². The van der Waals surface area contributed by atoms with Crippen LogP contribution in [0.4, 0.5) is 0 Å². The number of phenols is 1. The van der Waals surface area contributed by atoms with Crippen molar-refractivity contribution in [3.05, 3.63) is 41.0 Å². The Hall–Kier alpha value is -1.89. The Bertz CT molecular complexity index is 733. The van der Waals surface area contributed by atoms with Crippen molar-refractivity contribution in [1.82, 2.24) is 0 Å². The molecule has 6 heteroatoms. The maximum atomic E-state index is 11.1. The Morgan fingerprint density at radius 3 is 2.68 bits per heavy atom. The summed E-state index contributed by atoms with van der Waals surface area (Å²) in [4.78, 5) is 11.1. The SMILES string of the molecule is CC(=CCc1cc(C(=O)O)ccc1O)CC[C@H](O)[C@@]1(C)CC[C@@H](C(C)(C)O)O1. The molecule has 0 radical (unpaired) electrons. The number of hydrogen-bond donors (Lipinski definition) is 4. The van der Waals surface area contributed by atoms with Gasteiger partial charge in [-0.1, -0.05) is 11.6 Å². The second-order valence-electron chi connectivity index (χ2n) is 8.57. The third kappa shape index (κ3) is 5.56. The first kappa shape index (κ1) is 22.4. The topological polar surface area (TPSA) is 107 Å². The Morgan fingerprint density at radius 2 is 2.11 bits per heavy atom. The lowest BCUT2D eigenvalue weighted by Gasteiger charge is -2.33. The van der Waals surface area contributed by atoms with Crippen LogP contribution in [0.25, 0.3) is 0 Å². The normalized spacial score (nSPS) is 24.4. The number of carboxylic acid groups (broad SMARTS) is 1. The molecule has 1 aromatic rings. The fraction of sp³-hybridized carbons (Fsp3) is 0.591. The van der Waals surface area contributed by atoms with E-state index in [4.69, 9.17) is 9.84 Å². The molecule has 0 aliphatic carbocycles. The molecule has 0 spiro atoms. The van der Waals surface area contributed by atoms with E-state index in [1.165, 1.54) is 18.2 Å². The van der Waals surface area contributed by atoms with E-state index < -0.39 is 23.3 Å². The molecule has 1 fully saturated rings. The van der Waals surface area contributed by atoms with Gasteiger partial charge in [0.15, 0.2) is 0 Å². The van der Waals surface area contributed by atoms with Gasteiger partial charge in [-0.25, -0.2) is 4.79 Å². The minimum atomic E-state index is -1.03. The van der Waals surface area contributed by atoms with E-state index in [-0.39, 0.29) is 17.4 Å². The lowest BCUT2D eigenvalue weighted by Crippen LogP contribution is -2.43. The third-order valence-corrected chi connectivity index (χ3v) is 5.62. The van der Waals surface area contributed by atoms with Crippen molar-refractivity contribution >= 4 is 5.97 Å². The maximum Gasteiger partial charge on any atom is 0.335 e. The number of benzene rings is 1. The summed E-state index contributed by atoms with van der Waals surface area (Å²) in [5.41, 5.74) is 0.138. The first-order valence-electron chi connectivity index (χ1n) is 9.71. The van der Waals surface area contributed by atoms with Crippen molar-refractivity contribution < 1.29 is 30.0 Å². The molecular formula is C22H32O6. The van der Waals surface area contributed by atoms with Crippen molar-refractivity contribution in [2.24, 2.45) is 0 Å². The molecule has 0 amide bonds. The van der Waals surface area contributed by atoms with Crippen LogP contribution in [-0.2, 0) is 11.2 Å². The number of phenolic OH excluding ortho intramolecular Hbond substituents is 1. The minimum absolute atomic E-state index is 0.0682. The summed E-state index contributed by atoms with van der Waals surface area (Å²) < 4.78 is 5.98. The molecule has 1 aromatic carbocycles. The second-order valence-corrected chi connectivity index (χ2v) is 8.57. The number of aromatic carboxylic acids is 1. The highest BCUT2D eigenvalue weighted by Gasteiger charge is 2.46. The van der Waals surface area contributed by atoms with Gasteiger partial charge >= 0.3 is 5.97 Å². The number of ether oxygens (including phenoxy) is 1. The van der Waals surface area contributed by atoms with Gasteiger partial charge in [-0.2, -0.15) is 0 Å². The van der Waals surface area contributed by atoms with Crippen LogP contribution >= 0.6 is 0 Å². The first-order chi connectivity index (χ1) is 12.9. The number of aromatic hydroxyl groups is 1. The van der Waals surface area contributed by atoms with E-state index in [1.54, 1.807) is 13.8 Å². The zero-order chi connectivity index (χ0) is 21.1. The smallest absolute Gasteiger partial charge is 0.335 e. The molecule has 0 unspecified atom stereocenters. The van der Waals surface area contributed by atoms with E-state index in [1.807, 2.05) is 19.9 Å². The van der Waals surface area contributed by atoms with Crippen LogP contribution in [0.1, 0.15) is 69.3 Å².